The van der Waals surface area contributed by atoms with E-state index in [0.717, 1.165) is 16.7 Å². The molecule has 0 aliphatic heterocycles. The van der Waals surface area contributed by atoms with E-state index in [1.807, 2.05) is 66.7 Å². The van der Waals surface area contributed by atoms with E-state index in [1.54, 1.807) is 42.5 Å². The minimum atomic E-state index is -0.886. The van der Waals surface area contributed by atoms with Gasteiger partial charge in [-0.2, -0.15) is 0 Å². The lowest BCUT2D eigenvalue weighted by Crippen LogP contribution is -2.51. The molecule has 4 rings (SSSR count). The van der Waals surface area contributed by atoms with E-state index in [9.17, 15) is 19.2 Å². The van der Waals surface area contributed by atoms with Crippen LogP contribution in [0.4, 0.5) is 10.5 Å². The van der Waals surface area contributed by atoms with Crippen molar-refractivity contribution in [3.8, 4) is 0 Å². The first-order valence-electron chi connectivity index (χ1n) is 16.1. The van der Waals surface area contributed by atoms with Crippen molar-refractivity contribution in [1.82, 2.24) is 10.6 Å². The third-order valence-electron chi connectivity index (χ3n) is 7.59. The van der Waals surface area contributed by atoms with E-state index >= 15 is 0 Å². The van der Waals surface area contributed by atoms with Crippen LogP contribution in [0.15, 0.2) is 109 Å². The highest BCUT2D eigenvalue weighted by molar-refractivity contribution is 6.31. The maximum absolute atomic E-state index is 13.4. The van der Waals surface area contributed by atoms with Crippen LogP contribution >= 0.6 is 11.6 Å². The van der Waals surface area contributed by atoms with Crippen molar-refractivity contribution in [1.29, 1.82) is 0 Å². The van der Waals surface area contributed by atoms with E-state index in [4.69, 9.17) is 26.8 Å². The SMILES string of the molecule is N[C@@H](CCCCNC(=O)OCc1ccccc1Cl)C(=O)N[C@@H](Cc1ccccc1)C(=O)Nc1ccc(CC(=O)OCc2ccccc2)cc1. The molecule has 2 atom stereocenters. The summed E-state index contributed by atoms with van der Waals surface area (Å²) in [5, 5.41) is 8.87. The monoisotopic (exact) mass is 684 g/mol. The van der Waals surface area contributed by atoms with Crippen molar-refractivity contribution in [3.63, 3.8) is 0 Å². The lowest BCUT2D eigenvalue weighted by atomic mass is 10.0. The zero-order valence-electron chi connectivity index (χ0n) is 27.1. The molecule has 3 amide bonds. The number of hydrogen-bond donors (Lipinski definition) is 4. The molecule has 0 spiro atoms. The maximum atomic E-state index is 13.4. The molecule has 0 unspecified atom stereocenters. The van der Waals surface area contributed by atoms with Gasteiger partial charge in [0.15, 0.2) is 0 Å². The molecular weight excluding hydrogens is 644 g/mol. The quantitative estimate of drug-likeness (QED) is 0.0822. The Morgan fingerprint density at radius 3 is 2.04 bits per heavy atom. The Morgan fingerprint density at radius 2 is 1.35 bits per heavy atom. The van der Waals surface area contributed by atoms with Gasteiger partial charge in [0, 0.05) is 29.2 Å². The smallest absolute Gasteiger partial charge is 0.407 e. The average Bonchev–Trinajstić information content (AvgIpc) is 3.11. The molecular formula is C38H41ClN4O6. The number of esters is 1. The maximum Gasteiger partial charge on any atom is 0.407 e. The summed E-state index contributed by atoms with van der Waals surface area (Å²) in [6.45, 7) is 0.611. The van der Waals surface area contributed by atoms with Gasteiger partial charge in [-0.1, -0.05) is 103 Å². The Kier molecular flexibility index (Phi) is 14.6. The first kappa shape index (κ1) is 36.6. The summed E-state index contributed by atoms with van der Waals surface area (Å²) in [5.74, 6) is -1.21. The third kappa shape index (κ3) is 13.1. The molecule has 49 heavy (non-hydrogen) atoms. The summed E-state index contributed by atoms with van der Waals surface area (Å²) < 4.78 is 10.6. The number of amides is 3. The largest absolute Gasteiger partial charge is 0.461 e. The topological polar surface area (TPSA) is 149 Å². The van der Waals surface area contributed by atoms with Gasteiger partial charge in [-0.25, -0.2) is 4.79 Å². The van der Waals surface area contributed by atoms with Gasteiger partial charge in [-0.05, 0) is 54.2 Å². The predicted molar refractivity (Wildman–Crippen MR) is 189 cm³/mol. The van der Waals surface area contributed by atoms with Gasteiger partial charge in [0.05, 0.1) is 12.5 Å². The highest BCUT2D eigenvalue weighted by Gasteiger charge is 2.24. The normalized spacial score (nSPS) is 11.9. The van der Waals surface area contributed by atoms with Crippen molar-refractivity contribution < 1.29 is 28.7 Å². The summed E-state index contributed by atoms with van der Waals surface area (Å²) in [5.41, 5.74) is 9.92. The van der Waals surface area contributed by atoms with Crippen molar-refractivity contribution in [2.24, 2.45) is 5.73 Å². The lowest BCUT2D eigenvalue weighted by molar-refractivity contribution is -0.144. The number of unbranched alkanes of at least 4 members (excludes halogenated alkanes) is 1. The molecule has 0 saturated heterocycles. The second-order valence-electron chi connectivity index (χ2n) is 11.5. The standard InChI is InChI=1S/C38H41ClN4O6/c39-32-16-8-7-15-30(32)26-49-38(47)41-22-10-9-17-33(40)36(45)43-34(23-27-11-3-1-4-12-27)37(46)42-31-20-18-28(19-21-31)24-35(44)48-25-29-13-5-2-6-14-29/h1-8,11-16,18-21,33-34H,9-10,17,22-26,40H2,(H,41,47)(H,42,46)(H,43,45)/t33-,34-/m0/s1. The molecule has 11 heteroatoms. The molecule has 5 N–H and O–H groups in total. The van der Waals surface area contributed by atoms with Gasteiger partial charge >= 0.3 is 12.1 Å². The molecule has 0 fully saturated rings. The van der Waals surface area contributed by atoms with E-state index in [1.165, 1.54) is 0 Å². The summed E-state index contributed by atoms with van der Waals surface area (Å²) in [6, 6.07) is 31.1. The summed E-state index contributed by atoms with van der Waals surface area (Å²) >= 11 is 6.08. The number of nitrogens with two attached hydrogens (primary N) is 1. The molecule has 0 aliphatic rings. The lowest BCUT2D eigenvalue weighted by Gasteiger charge is -2.21. The number of ether oxygens (including phenoxy) is 2. The highest BCUT2D eigenvalue weighted by Crippen LogP contribution is 2.16. The Balaban J connectivity index is 1.22. The van der Waals surface area contributed by atoms with Crippen molar-refractivity contribution in [2.75, 3.05) is 11.9 Å². The number of rotatable bonds is 17. The first-order valence-corrected chi connectivity index (χ1v) is 16.5. The van der Waals surface area contributed by atoms with Crippen molar-refractivity contribution in [3.05, 3.63) is 136 Å². The molecule has 0 radical (unpaired) electrons. The van der Waals surface area contributed by atoms with Gasteiger partial charge in [0.25, 0.3) is 0 Å². The zero-order chi connectivity index (χ0) is 34.8. The Labute approximate surface area is 291 Å². The predicted octanol–water partition coefficient (Wildman–Crippen LogP) is 5.72. The van der Waals surface area contributed by atoms with Crippen LogP contribution in [0.2, 0.25) is 5.02 Å². The molecule has 256 valence electrons. The van der Waals surface area contributed by atoms with Crippen LogP contribution in [0.1, 0.15) is 41.5 Å². The van der Waals surface area contributed by atoms with Crippen molar-refractivity contribution >= 4 is 41.2 Å². The Bertz CT molecular complexity index is 1650. The van der Waals surface area contributed by atoms with Gasteiger partial charge < -0.3 is 31.2 Å². The number of hydrogen-bond acceptors (Lipinski definition) is 7. The molecule has 4 aromatic rings. The molecule has 4 aromatic carbocycles. The van der Waals surface area contributed by atoms with E-state index < -0.39 is 30.0 Å². The number of anilines is 1. The van der Waals surface area contributed by atoms with Crippen LogP contribution in [0, 0.1) is 0 Å². The van der Waals surface area contributed by atoms with Gasteiger partial charge in [0.1, 0.15) is 19.3 Å². The Hall–Kier alpha value is -5.19. The van der Waals surface area contributed by atoms with Crippen LogP contribution in [-0.2, 0) is 49.9 Å². The van der Waals surface area contributed by atoms with E-state index in [2.05, 4.69) is 16.0 Å². The summed E-state index contributed by atoms with van der Waals surface area (Å²) in [7, 11) is 0. The molecule has 10 nitrogen and oxygen atoms in total. The van der Waals surface area contributed by atoms with Crippen LogP contribution < -0.4 is 21.7 Å². The minimum absolute atomic E-state index is 0.0611. The van der Waals surface area contributed by atoms with Crippen LogP contribution in [0.5, 0.6) is 0 Å². The number of alkyl carbamates (subject to hydrolysis) is 1. The second kappa shape index (κ2) is 19.6. The molecule has 0 aliphatic carbocycles. The third-order valence-corrected chi connectivity index (χ3v) is 7.96. The molecule has 0 bridgehead atoms. The minimum Gasteiger partial charge on any atom is -0.461 e. The second-order valence-corrected chi connectivity index (χ2v) is 11.9. The van der Waals surface area contributed by atoms with Crippen molar-refractivity contribution in [2.45, 2.75) is 57.4 Å². The van der Waals surface area contributed by atoms with E-state index in [0.29, 0.717) is 42.1 Å². The average molecular weight is 685 g/mol. The fraction of sp³-hybridized carbons (Fsp3) is 0.263. The molecule has 0 heterocycles. The number of carbonyl (C=O) groups excluding carboxylic acids is 4. The van der Waals surface area contributed by atoms with Gasteiger partial charge in [-0.15, -0.1) is 0 Å². The fourth-order valence-electron chi connectivity index (χ4n) is 4.85. The van der Waals surface area contributed by atoms with Crippen LogP contribution in [-0.4, -0.2) is 42.5 Å². The Morgan fingerprint density at radius 1 is 0.694 bits per heavy atom. The number of carbonyl (C=O) groups is 4. The van der Waals surface area contributed by atoms with Crippen LogP contribution in [0.25, 0.3) is 0 Å². The van der Waals surface area contributed by atoms with Crippen LogP contribution in [0.3, 0.4) is 0 Å². The molecule has 0 saturated carbocycles. The fourth-order valence-corrected chi connectivity index (χ4v) is 5.04. The number of nitrogens with one attached hydrogen (secondary N) is 3. The van der Waals surface area contributed by atoms with E-state index in [-0.39, 0.29) is 32.0 Å². The van der Waals surface area contributed by atoms with Gasteiger partial charge in [0.2, 0.25) is 11.8 Å². The van der Waals surface area contributed by atoms with Gasteiger partial charge in [-0.3, -0.25) is 14.4 Å². The summed E-state index contributed by atoms with van der Waals surface area (Å²) in [6.07, 6.45) is 1.30. The highest BCUT2D eigenvalue weighted by atomic mass is 35.5. The molecule has 0 aromatic heterocycles. The first-order chi connectivity index (χ1) is 23.8. The summed E-state index contributed by atoms with van der Waals surface area (Å²) in [4.78, 5) is 50.7. The number of benzene rings is 4. The number of halogens is 1. The zero-order valence-corrected chi connectivity index (χ0v) is 27.9.